The van der Waals surface area contributed by atoms with Crippen LogP contribution in [0, 0.1) is 0 Å². The van der Waals surface area contributed by atoms with Gasteiger partial charge in [0, 0.05) is 5.56 Å². The molecule has 0 N–H and O–H groups in total. The Kier molecular flexibility index (Phi) is 5.27. The molecule has 0 radical (unpaired) electrons. The second kappa shape index (κ2) is 6.99. The van der Waals surface area contributed by atoms with Crippen molar-refractivity contribution in [2.24, 2.45) is 4.40 Å². The minimum atomic E-state index is -1.28. The summed E-state index contributed by atoms with van der Waals surface area (Å²) in [6.07, 6.45) is 1.67. The molecule has 1 atom stereocenters. The van der Waals surface area contributed by atoms with Crippen LogP contribution in [0.25, 0.3) is 11.1 Å². The summed E-state index contributed by atoms with van der Waals surface area (Å²) >= 11 is -1.28. The summed E-state index contributed by atoms with van der Waals surface area (Å²) in [7, 11) is 1.63. The lowest BCUT2D eigenvalue weighted by atomic mass is 10.00. The lowest BCUT2D eigenvalue weighted by molar-refractivity contribution is 0.415. The molecule has 22 heavy (non-hydrogen) atoms. The normalized spacial score (nSPS) is 13.3. The third kappa shape index (κ3) is 4.12. The Labute approximate surface area is 135 Å². The Morgan fingerprint density at radius 1 is 1.09 bits per heavy atom. The van der Waals surface area contributed by atoms with Crippen LogP contribution in [0.2, 0.25) is 0 Å². The first-order valence-electron chi connectivity index (χ1n) is 7.11. The molecule has 1 unspecified atom stereocenters. The maximum Gasteiger partial charge on any atom is 0.144 e. The standard InChI is InChI=1S/C18H21NO2S/c1-18(2,3)22(20)19-13-15-12-16(21-4)10-11-17(15)14-8-6-5-7-9-14/h5-13H,1-4H3. The third-order valence-electron chi connectivity index (χ3n) is 3.15. The van der Waals surface area contributed by atoms with Crippen LogP contribution in [0.15, 0.2) is 52.9 Å². The van der Waals surface area contributed by atoms with Gasteiger partial charge in [-0.15, -0.1) is 0 Å². The second-order valence-corrected chi connectivity index (χ2v) is 7.85. The molecule has 2 aromatic carbocycles. The van der Waals surface area contributed by atoms with Crippen molar-refractivity contribution in [1.29, 1.82) is 0 Å². The smallest absolute Gasteiger partial charge is 0.144 e. The molecule has 0 saturated carbocycles. The van der Waals surface area contributed by atoms with E-state index in [1.54, 1.807) is 13.3 Å². The van der Waals surface area contributed by atoms with E-state index in [-0.39, 0.29) is 4.75 Å². The first kappa shape index (κ1) is 16.6. The highest BCUT2D eigenvalue weighted by atomic mass is 32.2. The number of rotatable bonds is 4. The van der Waals surface area contributed by atoms with Crippen LogP contribution in [0.3, 0.4) is 0 Å². The summed E-state index contributed by atoms with van der Waals surface area (Å²) < 4.78 is 21.3. The van der Waals surface area contributed by atoms with Gasteiger partial charge in [0.1, 0.15) is 21.9 Å². The summed E-state index contributed by atoms with van der Waals surface area (Å²) in [6.45, 7) is 5.72. The average molecular weight is 315 g/mol. The van der Waals surface area contributed by atoms with Crippen molar-refractivity contribution >= 4 is 17.6 Å². The lowest BCUT2D eigenvalue weighted by Gasteiger charge is -2.18. The van der Waals surface area contributed by atoms with Crippen LogP contribution < -0.4 is 4.74 Å². The number of ether oxygens (including phenoxy) is 1. The molecule has 0 amide bonds. The average Bonchev–Trinajstić information content (AvgIpc) is 2.52. The quantitative estimate of drug-likeness (QED) is 0.625. The van der Waals surface area contributed by atoms with E-state index in [1.807, 2.05) is 69.3 Å². The maximum atomic E-state index is 12.1. The highest BCUT2D eigenvalue weighted by Crippen LogP contribution is 2.27. The van der Waals surface area contributed by atoms with Gasteiger partial charge in [-0.2, -0.15) is 0 Å². The molecular formula is C18H21NO2S. The van der Waals surface area contributed by atoms with Crippen molar-refractivity contribution in [2.75, 3.05) is 7.11 Å². The zero-order valence-corrected chi connectivity index (χ0v) is 14.2. The van der Waals surface area contributed by atoms with Gasteiger partial charge >= 0.3 is 0 Å². The molecule has 4 heteroatoms. The van der Waals surface area contributed by atoms with Gasteiger partial charge in [0.2, 0.25) is 0 Å². The van der Waals surface area contributed by atoms with E-state index >= 15 is 0 Å². The molecule has 0 bridgehead atoms. The fraction of sp³-hybridized carbons (Fsp3) is 0.278. The fourth-order valence-corrected chi connectivity index (χ4v) is 2.44. The highest BCUT2D eigenvalue weighted by Gasteiger charge is 2.25. The Bertz CT molecular complexity index is 648. The van der Waals surface area contributed by atoms with Gasteiger partial charge in [-0.25, -0.2) is 0 Å². The van der Waals surface area contributed by atoms with Crippen LogP contribution in [0.5, 0.6) is 5.75 Å². The van der Waals surface area contributed by atoms with Crippen molar-refractivity contribution in [3.8, 4) is 16.9 Å². The van der Waals surface area contributed by atoms with Gasteiger partial charge in [0.25, 0.3) is 0 Å². The third-order valence-corrected chi connectivity index (χ3v) is 4.50. The second-order valence-electron chi connectivity index (χ2n) is 5.92. The number of hydrogen-bond acceptors (Lipinski definition) is 3. The van der Waals surface area contributed by atoms with Crippen molar-refractivity contribution in [3.63, 3.8) is 0 Å². The van der Waals surface area contributed by atoms with Gasteiger partial charge in [-0.1, -0.05) is 40.8 Å². The summed E-state index contributed by atoms with van der Waals surface area (Å²) in [4.78, 5) is 0. The molecule has 2 aromatic rings. The minimum absolute atomic E-state index is 0.373. The van der Waals surface area contributed by atoms with Crippen molar-refractivity contribution in [1.82, 2.24) is 0 Å². The Morgan fingerprint density at radius 3 is 2.36 bits per heavy atom. The predicted molar refractivity (Wildman–Crippen MR) is 93.9 cm³/mol. The first-order valence-corrected chi connectivity index (χ1v) is 8.22. The van der Waals surface area contributed by atoms with E-state index in [2.05, 4.69) is 4.40 Å². The zero-order chi connectivity index (χ0) is 16.2. The molecule has 3 nitrogen and oxygen atoms in total. The molecule has 0 spiro atoms. The molecule has 116 valence electrons. The molecule has 0 aliphatic carbocycles. The number of nitrogens with zero attached hydrogens (tertiary/aromatic N) is 1. The van der Waals surface area contributed by atoms with E-state index in [4.69, 9.17) is 4.74 Å². The maximum absolute atomic E-state index is 12.1. The van der Waals surface area contributed by atoms with Crippen LogP contribution in [0.1, 0.15) is 26.3 Å². The molecule has 0 aromatic heterocycles. The van der Waals surface area contributed by atoms with Crippen molar-refractivity contribution in [2.45, 2.75) is 25.5 Å². The van der Waals surface area contributed by atoms with Crippen LogP contribution in [-0.2, 0) is 11.4 Å². The molecule has 0 fully saturated rings. The summed E-state index contributed by atoms with van der Waals surface area (Å²) in [6, 6.07) is 15.9. The van der Waals surface area contributed by atoms with E-state index < -0.39 is 11.4 Å². The van der Waals surface area contributed by atoms with E-state index in [1.165, 1.54) is 0 Å². The first-order chi connectivity index (χ1) is 10.4. The van der Waals surface area contributed by atoms with Crippen LogP contribution in [-0.4, -0.2) is 22.6 Å². The SMILES string of the molecule is COc1ccc(-c2ccccc2)c(C=N[S+]([O-])C(C)(C)C)c1. The van der Waals surface area contributed by atoms with Gasteiger partial charge in [-0.05, 0) is 44.0 Å². The largest absolute Gasteiger partial charge is 0.591 e. The summed E-state index contributed by atoms with van der Waals surface area (Å²) in [5.41, 5.74) is 3.02. The predicted octanol–water partition coefficient (Wildman–Crippen LogP) is 4.24. The van der Waals surface area contributed by atoms with Crippen LogP contribution in [0.4, 0.5) is 0 Å². The topological polar surface area (TPSA) is 44.6 Å². The lowest BCUT2D eigenvalue weighted by Crippen LogP contribution is -2.25. The Morgan fingerprint density at radius 2 is 1.77 bits per heavy atom. The van der Waals surface area contributed by atoms with E-state index in [0.717, 1.165) is 22.4 Å². The highest BCUT2D eigenvalue weighted by molar-refractivity contribution is 7.91. The minimum Gasteiger partial charge on any atom is -0.591 e. The van der Waals surface area contributed by atoms with Gasteiger partial charge in [0.05, 0.1) is 13.3 Å². The molecular weight excluding hydrogens is 294 g/mol. The molecule has 2 rings (SSSR count). The Balaban J connectivity index is 2.42. The van der Waals surface area contributed by atoms with E-state index in [0.29, 0.717) is 0 Å². The Hall–Kier alpha value is -1.78. The van der Waals surface area contributed by atoms with Crippen molar-refractivity contribution < 1.29 is 9.29 Å². The fourth-order valence-electron chi connectivity index (χ4n) is 1.92. The number of methoxy groups -OCH3 is 1. The van der Waals surface area contributed by atoms with Gasteiger partial charge < -0.3 is 9.29 Å². The molecule has 0 aliphatic heterocycles. The van der Waals surface area contributed by atoms with E-state index in [9.17, 15) is 4.55 Å². The van der Waals surface area contributed by atoms with Crippen LogP contribution >= 0.6 is 0 Å². The number of benzene rings is 2. The van der Waals surface area contributed by atoms with Gasteiger partial charge in [0.15, 0.2) is 0 Å². The summed E-state index contributed by atoms with van der Waals surface area (Å²) in [5, 5.41) is 0. The number of hydrogen-bond donors (Lipinski definition) is 0. The molecule has 0 heterocycles. The zero-order valence-electron chi connectivity index (χ0n) is 13.4. The molecule has 0 saturated heterocycles. The van der Waals surface area contributed by atoms with Crippen molar-refractivity contribution in [3.05, 3.63) is 54.1 Å². The molecule has 0 aliphatic rings. The van der Waals surface area contributed by atoms with Gasteiger partial charge in [-0.3, -0.25) is 0 Å². The summed E-state index contributed by atoms with van der Waals surface area (Å²) in [5.74, 6) is 0.752. The monoisotopic (exact) mass is 315 g/mol.